The van der Waals surface area contributed by atoms with Crippen molar-refractivity contribution >= 4 is 0 Å². The van der Waals surface area contributed by atoms with Crippen LogP contribution in [0.15, 0.2) is 22.8 Å². The van der Waals surface area contributed by atoms with E-state index in [0.717, 1.165) is 0 Å². The topological polar surface area (TPSA) is 65.6 Å². The molecule has 1 aromatic heterocycles. The van der Waals surface area contributed by atoms with Crippen molar-refractivity contribution in [3.63, 3.8) is 0 Å². The molecule has 3 atom stereocenters. The van der Waals surface area contributed by atoms with Gasteiger partial charge < -0.3 is 19.9 Å². The van der Waals surface area contributed by atoms with Crippen LogP contribution in [0.25, 0.3) is 0 Å². The predicted molar refractivity (Wildman–Crippen MR) is 41.5 cm³/mol. The summed E-state index contributed by atoms with van der Waals surface area (Å²) in [6, 6.07) is 3.27. The van der Waals surface area contributed by atoms with Crippen LogP contribution < -0.4 is 5.32 Å². The second-order valence-corrected chi connectivity index (χ2v) is 2.96. The van der Waals surface area contributed by atoms with Gasteiger partial charge in [-0.1, -0.05) is 0 Å². The predicted octanol–water partition coefficient (Wildman–Crippen LogP) is -0.354. The Kier molecular flexibility index (Phi) is 1.88. The van der Waals surface area contributed by atoms with Crippen LogP contribution in [0.3, 0.4) is 0 Å². The first-order valence-corrected chi connectivity index (χ1v) is 3.92. The lowest BCUT2D eigenvalue weighted by Crippen LogP contribution is -2.25. The molecule has 0 aromatic carbocycles. The molecular weight excluding hydrogens is 158 g/mol. The number of furan rings is 1. The first-order chi connectivity index (χ1) is 5.79. The molecule has 0 radical (unpaired) electrons. The molecule has 0 amide bonds. The molecule has 0 bridgehead atoms. The molecule has 1 aliphatic heterocycles. The van der Waals surface area contributed by atoms with Gasteiger partial charge in [-0.05, 0) is 12.1 Å². The maximum absolute atomic E-state index is 9.46. The van der Waals surface area contributed by atoms with Gasteiger partial charge in [-0.3, -0.25) is 0 Å². The van der Waals surface area contributed by atoms with Crippen molar-refractivity contribution in [3.05, 3.63) is 24.2 Å². The third-order valence-electron chi connectivity index (χ3n) is 2.13. The van der Waals surface area contributed by atoms with Gasteiger partial charge in [0.25, 0.3) is 0 Å². The summed E-state index contributed by atoms with van der Waals surface area (Å²) >= 11 is 0. The van der Waals surface area contributed by atoms with Gasteiger partial charge in [0.2, 0.25) is 0 Å². The molecular formula is C8H11NO3. The lowest BCUT2D eigenvalue weighted by Gasteiger charge is -2.12. The third kappa shape index (κ3) is 1.14. The third-order valence-corrected chi connectivity index (χ3v) is 2.13. The van der Waals surface area contributed by atoms with Crippen LogP contribution in [-0.4, -0.2) is 29.0 Å². The summed E-state index contributed by atoms with van der Waals surface area (Å²) in [6.45, 7) is 0.409. The average molecular weight is 169 g/mol. The quantitative estimate of drug-likeness (QED) is 0.537. The number of nitrogens with one attached hydrogen (secondary N) is 1. The molecule has 1 saturated heterocycles. The Morgan fingerprint density at radius 3 is 2.83 bits per heavy atom. The van der Waals surface area contributed by atoms with Crippen molar-refractivity contribution in [3.8, 4) is 0 Å². The van der Waals surface area contributed by atoms with Crippen molar-refractivity contribution in [1.29, 1.82) is 0 Å². The Bertz CT molecular complexity index is 247. The van der Waals surface area contributed by atoms with Crippen LogP contribution in [0.2, 0.25) is 0 Å². The second-order valence-electron chi connectivity index (χ2n) is 2.96. The van der Waals surface area contributed by atoms with Crippen LogP contribution in [0.5, 0.6) is 0 Å². The van der Waals surface area contributed by atoms with E-state index in [2.05, 4.69) is 5.32 Å². The smallest absolute Gasteiger partial charge is 0.123 e. The van der Waals surface area contributed by atoms with E-state index in [-0.39, 0.29) is 6.04 Å². The molecule has 0 spiro atoms. The van der Waals surface area contributed by atoms with E-state index in [4.69, 9.17) is 4.42 Å². The van der Waals surface area contributed by atoms with Gasteiger partial charge >= 0.3 is 0 Å². The summed E-state index contributed by atoms with van der Waals surface area (Å²) in [5, 5.41) is 21.6. The number of β-amino-alcohol motifs (C(OH)–C–C–N with tert-alkyl or cyclic N) is 1. The fourth-order valence-electron chi connectivity index (χ4n) is 1.45. The Hall–Kier alpha value is -0.840. The standard InChI is InChI=1S/C8H11NO3/c10-5-4-9-7(8(5)11)6-2-1-3-12-6/h1-3,5,7-11H,4H2/t5-,7-,8+/m0/s1. The molecule has 66 valence electrons. The average Bonchev–Trinajstić information content (AvgIpc) is 2.64. The largest absolute Gasteiger partial charge is 0.468 e. The van der Waals surface area contributed by atoms with Crippen LogP contribution in [0.4, 0.5) is 0 Å². The van der Waals surface area contributed by atoms with Gasteiger partial charge in [-0.15, -0.1) is 0 Å². The van der Waals surface area contributed by atoms with Gasteiger partial charge in [-0.25, -0.2) is 0 Å². The minimum Gasteiger partial charge on any atom is -0.468 e. The van der Waals surface area contributed by atoms with Crippen molar-refractivity contribution in [2.24, 2.45) is 0 Å². The van der Waals surface area contributed by atoms with Crippen LogP contribution in [0, 0.1) is 0 Å². The molecule has 2 rings (SSSR count). The summed E-state index contributed by atoms with van der Waals surface area (Å²) in [7, 11) is 0. The van der Waals surface area contributed by atoms with E-state index in [1.165, 1.54) is 0 Å². The van der Waals surface area contributed by atoms with Gasteiger partial charge in [0, 0.05) is 6.54 Å². The maximum Gasteiger partial charge on any atom is 0.123 e. The normalized spacial score (nSPS) is 35.7. The highest BCUT2D eigenvalue weighted by Crippen LogP contribution is 2.23. The second kappa shape index (κ2) is 2.90. The summed E-state index contributed by atoms with van der Waals surface area (Å²) in [6.07, 6.45) is 0.0882. The van der Waals surface area contributed by atoms with Gasteiger partial charge in [0.15, 0.2) is 0 Å². The minimum absolute atomic E-state index is 0.269. The summed E-state index contributed by atoms with van der Waals surface area (Å²) < 4.78 is 5.10. The summed E-state index contributed by atoms with van der Waals surface area (Å²) in [5.41, 5.74) is 0. The molecule has 4 heteroatoms. The number of hydrogen-bond acceptors (Lipinski definition) is 4. The van der Waals surface area contributed by atoms with E-state index >= 15 is 0 Å². The first kappa shape index (κ1) is 7.79. The lowest BCUT2D eigenvalue weighted by atomic mass is 10.1. The highest BCUT2D eigenvalue weighted by molar-refractivity contribution is 5.10. The van der Waals surface area contributed by atoms with Crippen molar-refractivity contribution in [2.75, 3.05) is 6.54 Å². The molecule has 2 heterocycles. The van der Waals surface area contributed by atoms with E-state index < -0.39 is 12.2 Å². The molecule has 1 aromatic rings. The van der Waals surface area contributed by atoms with Gasteiger partial charge in [0.05, 0.1) is 18.4 Å². The number of rotatable bonds is 1. The minimum atomic E-state index is -0.767. The molecule has 4 nitrogen and oxygen atoms in total. The molecule has 12 heavy (non-hydrogen) atoms. The highest BCUT2D eigenvalue weighted by atomic mass is 16.3. The van der Waals surface area contributed by atoms with Crippen LogP contribution in [0.1, 0.15) is 11.8 Å². The Labute approximate surface area is 69.8 Å². The lowest BCUT2D eigenvalue weighted by molar-refractivity contribution is 0.0369. The van der Waals surface area contributed by atoms with Crippen molar-refractivity contribution in [2.45, 2.75) is 18.2 Å². The van der Waals surface area contributed by atoms with Crippen molar-refractivity contribution in [1.82, 2.24) is 5.32 Å². The zero-order valence-electron chi connectivity index (χ0n) is 6.47. The Morgan fingerprint density at radius 2 is 2.33 bits per heavy atom. The van der Waals surface area contributed by atoms with Crippen molar-refractivity contribution < 1.29 is 14.6 Å². The molecule has 1 aliphatic rings. The van der Waals surface area contributed by atoms with Crippen LogP contribution >= 0.6 is 0 Å². The summed E-state index contributed by atoms with van der Waals surface area (Å²) in [5.74, 6) is 0.666. The zero-order valence-corrected chi connectivity index (χ0v) is 6.47. The summed E-state index contributed by atoms with van der Waals surface area (Å²) in [4.78, 5) is 0. The molecule has 0 unspecified atom stereocenters. The molecule has 0 aliphatic carbocycles. The fourth-order valence-corrected chi connectivity index (χ4v) is 1.45. The molecule has 3 N–H and O–H groups in total. The van der Waals surface area contributed by atoms with E-state index in [1.807, 2.05) is 0 Å². The number of aliphatic hydroxyl groups excluding tert-OH is 2. The van der Waals surface area contributed by atoms with Gasteiger partial charge in [0.1, 0.15) is 11.9 Å². The Morgan fingerprint density at radius 1 is 1.50 bits per heavy atom. The number of aliphatic hydroxyl groups is 2. The molecule has 1 fully saturated rings. The maximum atomic E-state index is 9.46. The van der Waals surface area contributed by atoms with Gasteiger partial charge in [-0.2, -0.15) is 0 Å². The molecule has 0 saturated carbocycles. The SMILES string of the molecule is O[C@@H]1[C@@H](O)CN[C@H]1c1ccco1. The monoisotopic (exact) mass is 169 g/mol. The Balaban J connectivity index is 2.16. The van der Waals surface area contributed by atoms with E-state index in [0.29, 0.717) is 12.3 Å². The zero-order chi connectivity index (χ0) is 8.55. The number of hydrogen-bond donors (Lipinski definition) is 3. The van der Waals surface area contributed by atoms with Crippen LogP contribution in [-0.2, 0) is 0 Å². The van der Waals surface area contributed by atoms with E-state index in [9.17, 15) is 10.2 Å². The highest BCUT2D eigenvalue weighted by Gasteiger charge is 2.35. The fraction of sp³-hybridized carbons (Fsp3) is 0.500. The van der Waals surface area contributed by atoms with E-state index in [1.54, 1.807) is 18.4 Å². The first-order valence-electron chi connectivity index (χ1n) is 3.92.